The Balaban J connectivity index is 1.66. The largest absolute Gasteiger partial charge is 0.490 e. The Morgan fingerprint density at radius 3 is 2.62 bits per heavy atom. The van der Waals surface area contributed by atoms with E-state index in [4.69, 9.17) is 19.9 Å². The van der Waals surface area contributed by atoms with Crippen LogP contribution < -0.4 is 20.1 Å². The number of para-hydroxylation sites is 2. The zero-order valence-corrected chi connectivity index (χ0v) is 19.1. The van der Waals surface area contributed by atoms with Crippen molar-refractivity contribution in [1.29, 1.82) is 0 Å². The molecule has 174 valence electrons. The summed E-state index contributed by atoms with van der Waals surface area (Å²) in [5.41, 5.74) is 7.14. The fourth-order valence-corrected chi connectivity index (χ4v) is 5.95. The van der Waals surface area contributed by atoms with Gasteiger partial charge in [0.1, 0.15) is 5.25 Å². The molecule has 2 aromatic rings. The average molecular weight is 480 g/mol. The summed E-state index contributed by atoms with van der Waals surface area (Å²) in [6, 6.07) is 11.4. The number of anilines is 1. The molecular formula is C24H20N2O7S. The molecule has 2 amide bonds. The van der Waals surface area contributed by atoms with Crippen LogP contribution in [0.4, 0.5) is 5.69 Å². The molecule has 3 heterocycles. The van der Waals surface area contributed by atoms with Crippen LogP contribution in [0.2, 0.25) is 0 Å². The van der Waals surface area contributed by atoms with Gasteiger partial charge in [0.25, 0.3) is 0 Å². The van der Waals surface area contributed by atoms with E-state index < -0.39 is 40.8 Å². The summed E-state index contributed by atoms with van der Waals surface area (Å²) in [5, 5.41) is -0.741. The van der Waals surface area contributed by atoms with E-state index in [-0.39, 0.29) is 27.6 Å². The summed E-state index contributed by atoms with van der Waals surface area (Å²) < 4.78 is 16.0. The molecule has 3 aliphatic rings. The van der Waals surface area contributed by atoms with Gasteiger partial charge in [-0.2, -0.15) is 0 Å². The molecule has 5 rings (SSSR count). The van der Waals surface area contributed by atoms with Crippen LogP contribution in [0.25, 0.3) is 0 Å². The van der Waals surface area contributed by atoms with Crippen LogP contribution in [-0.2, 0) is 19.1 Å². The number of esters is 2. The Morgan fingerprint density at radius 2 is 1.88 bits per heavy atom. The minimum absolute atomic E-state index is 0.0820. The fraction of sp³-hybridized carbons (Fsp3) is 0.250. The third kappa shape index (κ3) is 3.09. The minimum Gasteiger partial charge on any atom is -0.490 e. The second-order valence-electron chi connectivity index (χ2n) is 7.84. The van der Waals surface area contributed by atoms with Gasteiger partial charge in [-0.1, -0.05) is 36.0 Å². The molecule has 0 radical (unpaired) electrons. The molecule has 0 aromatic heterocycles. The second-order valence-corrected chi connectivity index (χ2v) is 9.02. The number of benzene rings is 2. The van der Waals surface area contributed by atoms with Crippen molar-refractivity contribution >= 4 is 41.2 Å². The van der Waals surface area contributed by atoms with Crippen LogP contribution in [0.1, 0.15) is 28.8 Å². The lowest BCUT2D eigenvalue weighted by Gasteiger charge is -2.36. The Kier molecular flexibility index (Phi) is 5.32. The van der Waals surface area contributed by atoms with Gasteiger partial charge in [0.05, 0.1) is 41.5 Å². The van der Waals surface area contributed by atoms with Gasteiger partial charge in [-0.15, -0.1) is 0 Å². The van der Waals surface area contributed by atoms with Gasteiger partial charge in [0.15, 0.2) is 11.5 Å². The van der Waals surface area contributed by atoms with Gasteiger partial charge in [-0.05, 0) is 25.1 Å². The first kappa shape index (κ1) is 22.0. The lowest BCUT2D eigenvalue weighted by atomic mass is 9.77. The first-order chi connectivity index (χ1) is 16.4. The average Bonchev–Trinajstić information content (AvgIpc) is 3.08. The summed E-state index contributed by atoms with van der Waals surface area (Å²) in [6.07, 6.45) is 0. The van der Waals surface area contributed by atoms with Crippen molar-refractivity contribution in [1.82, 2.24) is 0 Å². The van der Waals surface area contributed by atoms with Crippen LogP contribution in [0.15, 0.2) is 53.1 Å². The normalized spacial score (nSPS) is 23.2. The van der Waals surface area contributed by atoms with Crippen LogP contribution >= 0.6 is 11.8 Å². The van der Waals surface area contributed by atoms with E-state index in [2.05, 4.69) is 0 Å². The molecule has 1 saturated heterocycles. The molecule has 34 heavy (non-hydrogen) atoms. The van der Waals surface area contributed by atoms with Crippen molar-refractivity contribution in [2.24, 2.45) is 11.7 Å². The number of carbonyl (C=O) groups excluding carboxylic acids is 4. The number of imide groups is 1. The van der Waals surface area contributed by atoms with Gasteiger partial charge in [0, 0.05) is 11.5 Å². The molecule has 3 atom stereocenters. The monoisotopic (exact) mass is 480 g/mol. The summed E-state index contributed by atoms with van der Waals surface area (Å²) in [5.74, 6) is -3.54. The SMILES string of the molecule is CCOc1cccc2c1OC(=O)C1=C(N)SC3C(=O)N(c4ccccc4C(=O)OC)C(=O)C3C12. The highest BCUT2D eigenvalue weighted by atomic mass is 32.2. The Bertz CT molecular complexity index is 1290. The number of rotatable bonds is 4. The van der Waals surface area contributed by atoms with Crippen LogP contribution in [0.3, 0.4) is 0 Å². The Labute approximate surface area is 198 Å². The van der Waals surface area contributed by atoms with Gasteiger partial charge in [0.2, 0.25) is 11.8 Å². The molecule has 0 aliphatic carbocycles. The number of ether oxygens (including phenoxy) is 3. The van der Waals surface area contributed by atoms with E-state index in [1.807, 2.05) is 0 Å². The van der Waals surface area contributed by atoms with Crippen LogP contribution in [0, 0.1) is 5.92 Å². The van der Waals surface area contributed by atoms with E-state index in [1.54, 1.807) is 37.3 Å². The van der Waals surface area contributed by atoms with Crippen LogP contribution in [-0.4, -0.2) is 42.7 Å². The summed E-state index contributed by atoms with van der Waals surface area (Å²) in [7, 11) is 1.22. The Hall–Kier alpha value is -3.79. The first-order valence-electron chi connectivity index (χ1n) is 10.6. The molecule has 2 aromatic carbocycles. The number of methoxy groups -OCH3 is 1. The van der Waals surface area contributed by atoms with Crippen molar-refractivity contribution in [3.05, 3.63) is 64.2 Å². The Morgan fingerprint density at radius 1 is 1.12 bits per heavy atom. The quantitative estimate of drug-likeness (QED) is 0.399. The predicted octanol–water partition coefficient (Wildman–Crippen LogP) is 2.35. The number of amides is 2. The number of hydrogen-bond acceptors (Lipinski definition) is 9. The maximum Gasteiger partial charge on any atom is 0.342 e. The number of fused-ring (bicyclic) bond motifs is 5. The van der Waals surface area contributed by atoms with Crippen molar-refractivity contribution in [2.45, 2.75) is 18.1 Å². The van der Waals surface area contributed by atoms with Gasteiger partial charge in [-0.3, -0.25) is 9.59 Å². The maximum atomic E-state index is 13.8. The number of hydrogen-bond donors (Lipinski definition) is 1. The van der Waals surface area contributed by atoms with Gasteiger partial charge >= 0.3 is 11.9 Å². The standard InChI is InChI=1S/C24H20N2O7S/c1-3-32-14-10-6-8-12-15-16-19(34-20(25)17(15)24(30)33-18(12)14)22(28)26(21(16)27)13-9-5-4-7-11(13)23(29)31-2/h4-10,15-16,19H,3,25H2,1-2H3. The maximum absolute atomic E-state index is 13.8. The van der Waals surface area contributed by atoms with Crippen molar-refractivity contribution in [2.75, 3.05) is 18.6 Å². The fourth-order valence-electron chi connectivity index (χ4n) is 4.71. The van der Waals surface area contributed by atoms with E-state index >= 15 is 0 Å². The van der Waals surface area contributed by atoms with Crippen molar-refractivity contribution in [3.63, 3.8) is 0 Å². The lowest BCUT2D eigenvalue weighted by Crippen LogP contribution is -2.40. The molecule has 10 heteroatoms. The minimum atomic E-state index is -0.922. The number of nitrogens with zero attached hydrogens (tertiary/aromatic N) is 1. The highest BCUT2D eigenvalue weighted by Crippen LogP contribution is 2.56. The molecule has 0 bridgehead atoms. The summed E-state index contributed by atoms with van der Waals surface area (Å²) in [6.45, 7) is 2.15. The highest BCUT2D eigenvalue weighted by molar-refractivity contribution is 8.04. The van der Waals surface area contributed by atoms with E-state index in [1.165, 1.54) is 19.2 Å². The third-order valence-electron chi connectivity index (χ3n) is 6.09. The van der Waals surface area contributed by atoms with E-state index in [9.17, 15) is 19.2 Å². The van der Waals surface area contributed by atoms with Crippen molar-refractivity contribution in [3.8, 4) is 11.5 Å². The molecule has 0 saturated carbocycles. The van der Waals surface area contributed by atoms with Gasteiger partial charge in [-0.25, -0.2) is 14.5 Å². The smallest absolute Gasteiger partial charge is 0.342 e. The third-order valence-corrected chi connectivity index (χ3v) is 7.32. The molecular weight excluding hydrogens is 460 g/mol. The summed E-state index contributed by atoms with van der Waals surface area (Å²) in [4.78, 5) is 53.6. The predicted molar refractivity (Wildman–Crippen MR) is 122 cm³/mol. The molecule has 2 N–H and O–H groups in total. The second kappa shape index (κ2) is 8.21. The van der Waals surface area contributed by atoms with E-state index in [0.29, 0.717) is 17.9 Å². The number of carbonyl (C=O) groups is 4. The molecule has 9 nitrogen and oxygen atoms in total. The topological polar surface area (TPSA) is 125 Å². The lowest BCUT2D eigenvalue weighted by molar-refractivity contribution is -0.132. The number of thioether (sulfide) groups is 1. The van der Waals surface area contributed by atoms with Crippen LogP contribution in [0.5, 0.6) is 11.5 Å². The molecule has 3 unspecified atom stereocenters. The zero-order chi connectivity index (χ0) is 24.1. The van der Waals surface area contributed by atoms with E-state index in [0.717, 1.165) is 16.7 Å². The molecule has 1 fully saturated rings. The van der Waals surface area contributed by atoms with Crippen molar-refractivity contribution < 1.29 is 33.4 Å². The highest BCUT2D eigenvalue weighted by Gasteiger charge is 2.59. The number of nitrogens with two attached hydrogens (primary N) is 1. The molecule has 0 spiro atoms. The molecule has 3 aliphatic heterocycles. The zero-order valence-electron chi connectivity index (χ0n) is 18.3. The van der Waals surface area contributed by atoms with Gasteiger partial charge < -0.3 is 19.9 Å². The summed E-state index contributed by atoms with van der Waals surface area (Å²) >= 11 is 0.963. The first-order valence-corrected chi connectivity index (χ1v) is 11.5.